The summed E-state index contributed by atoms with van der Waals surface area (Å²) in [6.45, 7) is 6.80. The third-order valence-corrected chi connectivity index (χ3v) is 7.60. The van der Waals surface area contributed by atoms with Crippen molar-refractivity contribution >= 4 is 38.8 Å². The number of fused-ring (bicyclic) bond motifs is 5. The SMILES string of the molecule is Cn1nc(C(F)(F)F)c(Cl)c1-c1nc2c3c4c(sc3ncn2n1)CC(C(C)(C)C)CC4. The summed E-state index contributed by atoms with van der Waals surface area (Å²) in [6, 6.07) is 0. The second-order valence-corrected chi connectivity index (χ2v) is 10.5. The van der Waals surface area contributed by atoms with Crippen LogP contribution in [0.5, 0.6) is 0 Å². The molecule has 1 aliphatic carbocycles. The molecule has 6 nitrogen and oxygen atoms in total. The van der Waals surface area contributed by atoms with E-state index in [1.165, 1.54) is 22.0 Å². The summed E-state index contributed by atoms with van der Waals surface area (Å²) in [5.41, 5.74) is 0.922. The minimum atomic E-state index is -4.66. The van der Waals surface area contributed by atoms with Crippen LogP contribution >= 0.6 is 22.9 Å². The molecule has 164 valence electrons. The van der Waals surface area contributed by atoms with Crippen LogP contribution < -0.4 is 0 Å². The maximum Gasteiger partial charge on any atom is 0.436 e. The van der Waals surface area contributed by atoms with Gasteiger partial charge in [0.15, 0.2) is 11.3 Å². The normalized spacial score (nSPS) is 17.6. The standard InChI is InChI=1S/C20H20ClF3N6S/c1-19(2,3)9-5-6-10-11(7-9)31-18-12(10)17-26-16(28-30(17)8-25-18)14-13(21)15(20(22,23)24)27-29(14)4/h8-9H,5-7H2,1-4H3. The monoisotopic (exact) mass is 468 g/mol. The molecule has 0 saturated heterocycles. The summed E-state index contributed by atoms with van der Waals surface area (Å²) in [6.07, 6.45) is -0.114. The Bertz CT molecular complexity index is 1330. The van der Waals surface area contributed by atoms with E-state index in [1.54, 1.807) is 17.7 Å². The molecule has 1 aliphatic rings. The molecule has 4 aromatic heterocycles. The summed E-state index contributed by atoms with van der Waals surface area (Å²) in [5, 5.41) is 8.34. The van der Waals surface area contributed by atoms with Gasteiger partial charge in [0.05, 0.1) is 5.39 Å². The molecule has 0 saturated carbocycles. The Hall–Kier alpha value is -2.20. The van der Waals surface area contributed by atoms with E-state index in [1.807, 2.05) is 0 Å². The van der Waals surface area contributed by atoms with E-state index in [4.69, 9.17) is 11.6 Å². The largest absolute Gasteiger partial charge is 0.436 e. The molecule has 0 radical (unpaired) electrons. The van der Waals surface area contributed by atoms with Crippen molar-refractivity contribution in [3.63, 3.8) is 0 Å². The predicted octanol–water partition coefficient (Wildman–Crippen LogP) is 5.56. The van der Waals surface area contributed by atoms with Gasteiger partial charge in [0.1, 0.15) is 21.9 Å². The predicted molar refractivity (Wildman–Crippen MR) is 113 cm³/mol. The number of halogens is 4. The lowest BCUT2D eigenvalue weighted by Gasteiger charge is -2.33. The van der Waals surface area contributed by atoms with Gasteiger partial charge in [-0.25, -0.2) is 14.5 Å². The number of nitrogens with zero attached hydrogens (tertiary/aromatic N) is 6. The average Bonchev–Trinajstić information content (AvgIpc) is 3.31. The van der Waals surface area contributed by atoms with Gasteiger partial charge in [0.25, 0.3) is 0 Å². The first-order valence-corrected chi connectivity index (χ1v) is 11.1. The van der Waals surface area contributed by atoms with Crippen LogP contribution in [0.4, 0.5) is 13.2 Å². The molecule has 0 bridgehead atoms. The topological polar surface area (TPSA) is 60.9 Å². The highest BCUT2D eigenvalue weighted by molar-refractivity contribution is 7.19. The first-order chi connectivity index (χ1) is 14.4. The van der Waals surface area contributed by atoms with Gasteiger partial charge in [-0.05, 0) is 36.2 Å². The zero-order chi connectivity index (χ0) is 22.3. The zero-order valence-electron chi connectivity index (χ0n) is 17.4. The molecule has 1 atom stereocenters. The Balaban J connectivity index is 1.67. The van der Waals surface area contributed by atoms with E-state index in [-0.39, 0.29) is 16.9 Å². The highest BCUT2D eigenvalue weighted by atomic mass is 35.5. The summed E-state index contributed by atoms with van der Waals surface area (Å²) in [5.74, 6) is 0.680. The van der Waals surface area contributed by atoms with Crippen molar-refractivity contribution in [2.75, 3.05) is 0 Å². The third kappa shape index (κ3) is 3.22. The lowest BCUT2D eigenvalue weighted by Crippen LogP contribution is -2.26. The van der Waals surface area contributed by atoms with Gasteiger partial charge in [-0.15, -0.1) is 16.4 Å². The zero-order valence-corrected chi connectivity index (χ0v) is 19.0. The molecule has 31 heavy (non-hydrogen) atoms. The fourth-order valence-electron chi connectivity index (χ4n) is 4.34. The number of aromatic nitrogens is 6. The minimum absolute atomic E-state index is 0.0303. The van der Waals surface area contributed by atoms with E-state index in [9.17, 15) is 13.2 Å². The Morgan fingerprint density at radius 2 is 1.94 bits per heavy atom. The van der Waals surface area contributed by atoms with Crippen molar-refractivity contribution in [2.24, 2.45) is 18.4 Å². The number of hydrogen-bond donors (Lipinski definition) is 0. The molecule has 0 aliphatic heterocycles. The Labute approximate surface area is 185 Å². The molecule has 0 aromatic carbocycles. The smallest absolute Gasteiger partial charge is 0.262 e. The number of aryl methyl sites for hydroxylation is 2. The van der Waals surface area contributed by atoms with E-state index in [2.05, 4.69) is 40.9 Å². The summed E-state index contributed by atoms with van der Waals surface area (Å²) in [4.78, 5) is 11.3. The summed E-state index contributed by atoms with van der Waals surface area (Å²) < 4.78 is 42.2. The number of thiophene rings is 1. The van der Waals surface area contributed by atoms with Gasteiger partial charge in [0.2, 0.25) is 5.82 Å². The van der Waals surface area contributed by atoms with E-state index in [0.29, 0.717) is 11.6 Å². The first-order valence-electron chi connectivity index (χ1n) is 9.91. The van der Waals surface area contributed by atoms with Crippen LogP contribution in [0.15, 0.2) is 6.33 Å². The molecule has 11 heteroatoms. The lowest BCUT2D eigenvalue weighted by atomic mass is 9.72. The van der Waals surface area contributed by atoms with E-state index < -0.39 is 16.9 Å². The summed E-state index contributed by atoms with van der Waals surface area (Å²) in [7, 11) is 1.40. The molecular formula is C20H20ClF3N6S. The second kappa shape index (κ2) is 6.65. The second-order valence-electron chi connectivity index (χ2n) is 9.07. The fourth-order valence-corrected chi connectivity index (χ4v) is 5.95. The van der Waals surface area contributed by atoms with Gasteiger partial charge >= 0.3 is 6.18 Å². The molecule has 0 N–H and O–H groups in total. The van der Waals surface area contributed by atoms with Crippen LogP contribution in [-0.4, -0.2) is 29.4 Å². The highest BCUT2D eigenvalue weighted by Gasteiger charge is 2.39. The van der Waals surface area contributed by atoms with Crippen molar-refractivity contribution in [1.29, 1.82) is 0 Å². The van der Waals surface area contributed by atoms with Crippen LogP contribution in [-0.2, 0) is 26.1 Å². The van der Waals surface area contributed by atoms with Crippen molar-refractivity contribution in [1.82, 2.24) is 29.4 Å². The third-order valence-electron chi connectivity index (χ3n) is 6.08. The fraction of sp³-hybridized carbons (Fsp3) is 0.500. The maximum absolute atomic E-state index is 13.2. The Morgan fingerprint density at radius 1 is 1.19 bits per heavy atom. The van der Waals surface area contributed by atoms with Crippen LogP contribution in [0, 0.1) is 11.3 Å². The van der Waals surface area contributed by atoms with Gasteiger partial charge in [-0.2, -0.15) is 18.3 Å². The lowest BCUT2D eigenvalue weighted by molar-refractivity contribution is -0.141. The van der Waals surface area contributed by atoms with Crippen molar-refractivity contribution in [3.8, 4) is 11.5 Å². The van der Waals surface area contributed by atoms with Crippen molar-refractivity contribution in [2.45, 2.75) is 46.2 Å². The van der Waals surface area contributed by atoms with E-state index in [0.717, 1.165) is 34.2 Å². The number of alkyl halides is 3. The average molecular weight is 469 g/mol. The first kappa shape index (κ1) is 20.7. The quantitative estimate of drug-likeness (QED) is 0.367. The molecule has 0 amide bonds. The Kier molecular flexibility index (Phi) is 4.44. The van der Waals surface area contributed by atoms with Crippen LogP contribution in [0.25, 0.3) is 27.4 Å². The van der Waals surface area contributed by atoms with Crippen LogP contribution in [0.3, 0.4) is 0 Å². The van der Waals surface area contributed by atoms with Crippen LogP contribution in [0.2, 0.25) is 5.02 Å². The summed E-state index contributed by atoms with van der Waals surface area (Å²) >= 11 is 7.71. The molecule has 0 fully saturated rings. The minimum Gasteiger partial charge on any atom is -0.262 e. The molecule has 4 heterocycles. The molecule has 1 unspecified atom stereocenters. The number of hydrogen-bond acceptors (Lipinski definition) is 5. The molecule has 5 rings (SSSR count). The van der Waals surface area contributed by atoms with E-state index >= 15 is 0 Å². The highest BCUT2D eigenvalue weighted by Crippen LogP contribution is 2.44. The van der Waals surface area contributed by atoms with Gasteiger partial charge in [0, 0.05) is 11.9 Å². The molecule has 0 spiro atoms. The maximum atomic E-state index is 13.2. The van der Waals surface area contributed by atoms with Crippen molar-refractivity contribution < 1.29 is 13.2 Å². The van der Waals surface area contributed by atoms with Gasteiger partial charge < -0.3 is 0 Å². The van der Waals surface area contributed by atoms with Crippen LogP contribution in [0.1, 0.15) is 43.3 Å². The molecular weight excluding hydrogens is 449 g/mol. The molecule has 4 aromatic rings. The van der Waals surface area contributed by atoms with Gasteiger partial charge in [-0.1, -0.05) is 32.4 Å². The van der Waals surface area contributed by atoms with Gasteiger partial charge in [-0.3, -0.25) is 4.68 Å². The van der Waals surface area contributed by atoms with Crippen molar-refractivity contribution in [3.05, 3.63) is 27.5 Å². The number of rotatable bonds is 1. The Morgan fingerprint density at radius 3 is 2.58 bits per heavy atom.